The van der Waals surface area contributed by atoms with Crippen LogP contribution in [-0.4, -0.2) is 28.5 Å². The van der Waals surface area contributed by atoms with Crippen molar-refractivity contribution in [3.63, 3.8) is 0 Å². The molecule has 6 heteroatoms. The van der Waals surface area contributed by atoms with Gasteiger partial charge in [0.05, 0.1) is 0 Å². The number of rotatable bonds is 6. The lowest BCUT2D eigenvalue weighted by Crippen LogP contribution is -2.31. The molecule has 1 aliphatic carbocycles. The maximum Gasteiger partial charge on any atom is 0.221 e. The van der Waals surface area contributed by atoms with Crippen molar-refractivity contribution in [2.75, 3.05) is 17.6 Å². The monoisotopic (exact) mass is 277 g/mol. The van der Waals surface area contributed by atoms with Crippen LogP contribution in [0.4, 0.5) is 11.6 Å². The number of anilines is 2. The molecule has 0 unspecified atom stereocenters. The second-order valence-electron chi connectivity index (χ2n) is 5.61. The van der Waals surface area contributed by atoms with Crippen LogP contribution in [0.2, 0.25) is 0 Å². The minimum absolute atomic E-state index is 0.0367. The van der Waals surface area contributed by atoms with Crippen molar-refractivity contribution in [2.45, 2.75) is 52.0 Å². The second kappa shape index (κ2) is 6.07. The molecule has 110 valence electrons. The third kappa shape index (κ3) is 3.82. The first-order chi connectivity index (χ1) is 9.47. The molecular formula is C14H23N5O. The first-order valence-electron chi connectivity index (χ1n) is 7.14. The quantitative estimate of drug-likeness (QED) is 0.734. The van der Waals surface area contributed by atoms with Gasteiger partial charge in [-0.15, -0.1) is 0 Å². The number of amides is 1. The summed E-state index contributed by atoms with van der Waals surface area (Å²) in [5, 5.41) is 6.05. The molecule has 0 spiro atoms. The summed E-state index contributed by atoms with van der Waals surface area (Å²) in [6, 6.07) is 0.167. The summed E-state index contributed by atoms with van der Waals surface area (Å²) in [4.78, 5) is 20.4. The third-order valence-electron chi connectivity index (χ3n) is 3.24. The topological polar surface area (TPSA) is 92.9 Å². The molecule has 1 amide bonds. The van der Waals surface area contributed by atoms with Gasteiger partial charge in [-0.3, -0.25) is 4.79 Å². The lowest BCUT2D eigenvalue weighted by molar-refractivity contribution is -0.121. The van der Waals surface area contributed by atoms with E-state index in [1.54, 1.807) is 0 Å². The van der Waals surface area contributed by atoms with Crippen LogP contribution in [-0.2, 0) is 4.79 Å². The fourth-order valence-corrected chi connectivity index (χ4v) is 1.94. The van der Waals surface area contributed by atoms with E-state index >= 15 is 0 Å². The van der Waals surface area contributed by atoms with E-state index in [0.717, 1.165) is 30.0 Å². The average molecular weight is 277 g/mol. The highest BCUT2D eigenvalue weighted by molar-refractivity contribution is 5.76. The minimum atomic E-state index is 0.0367. The summed E-state index contributed by atoms with van der Waals surface area (Å²) in [6.07, 6.45) is 2.69. The summed E-state index contributed by atoms with van der Waals surface area (Å²) in [5.74, 6) is 2.59. The first-order valence-corrected chi connectivity index (χ1v) is 7.14. The molecule has 1 aromatic rings. The van der Waals surface area contributed by atoms with Gasteiger partial charge in [0.2, 0.25) is 5.91 Å². The maximum absolute atomic E-state index is 11.6. The minimum Gasteiger partial charge on any atom is -0.383 e. The van der Waals surface area contributed by atoms with Crippen molar-refractivity contribution < 1.29 is 4.79 Å². The van der Waals surface area contributed by atoms with Crippen molar-refractivity contribution in [1.82, 2.24) is 15.3 Å². The van der Waals surface area contributed by atoms with Gasteiger partial charge in [-0.05, 0) is 33.6 Å². The van der Waals surface area contributed by atoms with Gasteiger partial charge in [-0.2, -0.15) is 0 Å². The summed E-state index contributed by atoms with van der Waals surface area (Å²) >= 11 is 0. The zero-order valence-corrected chi connectivity index (χ0v) is 12.4. The Hall–Kier alpha value is -1.85. The Morgan fingerprint density at radius 3 is 2.70 bits per heavy atom. The predicted molar refractivity (Wildman–Crippen MR) is 79.5 cm³/mol. The molecule has 1 saturated carbocycles. The smallest absolute Gasteiger partial charge is 0.221 e. The number of carbonyl (C=O) groups excluding carboxylic acids is 1. The molecule has 1 aromatic heterocycles. The Morgan fingerprint density at radius 1 is 1.40 bits per heavy atom. The number of carbonyl (C=O) groups is 1. The molecule has 1 fully saturated rings. The van der Waals surface area contributed by atoms with Crippen LogP contribution in [0.3, 0.4) is 0 Å². The van der Waals surface area contributed by atoms with E-state index in [1.165, 1.54) is 0 Å². The number of aromatic nitrogens is 2. The molecule has 2 rings (SSSR count). The van der Waals surface area contributed by atoms with E-state index < -0.39 is 0 Å². The molecule has 0 bridgehead atoms. The zero-order valence-electron chi connectivity index (χ0n) is 12.4. The Balaban J connectivity index is 1.93. The van der Waals surface area contributed by atoms with E-state index in [2.05, 4.69) is 20.6 Å². The molecule has 0 radical (unpaired) electrons. The average Bonchev–Trinajstić information content (AvgIpc) is 3.17. The van der Waals surface area contributed by atoms with Crippen LogP contribution in [0, 0.1) is 6.92 Å². The van der Waals surface area contributed by atoms with Gasteiger partial charge in [-0.1, -0.05) is 0 Å². The molecule has 0 aromatic carbocycles. The zero-order chi connectivity index (χ0) is 14.7. The largest absolute Gasteiger partial charge is 0.383 e. The molecule has 0 aliphatic heterocycles. The summed E-state index contributed by atoms with van der Waals surface area (Å²) in [7, 11) is 0. The molecule has 20 heavy (non-hydrogen) atoms. The summed E-state index contributed by atoms with van der Waals surface area (Å²) in [6.45, 7) is 6.33. The predicted octanol–water partition coefficient (Wildman–Crippen LogP) is 1.57. The Labute approximate surface area is 119 Å². The van der Waals surface area contributed by atoms with E-state index in [1.807, 2.05) is 20.8 Å². The van der Waals surface area contributed by atoms with Crippen LogP contribution in [0.5, 0.6) is 0 Å². The number of nitrogen functional groups attached to an aromatic ring is 1. The maximum atomic E-state index is 11.6. The van der Waals surface area contributed by atoms with Gasteiger partial charge in [0.15, 0.2) is 0 Å². The van der Waals surface area contributed by atoms with Gasteiger partial charge >= 0.3 is 0 Å². The molecule has 1 heterocycles. The van der Waals surface area contributed by atoms with Crippen LogP contribution in [0.25, 0.3) is 0 Å². The van der Waals surface area contributed by atoms with E-state index in [9.17, 15) is 4.79 Å². The van der Waals surface area contributed by atoms with Crippen molar-refractivity contribution in [2.24, 2.45) is 0 Å². The lowest BCUT2D eigenvalue weighted by Gasteiger charge is -2.12. The third-order valence-corrected chi connectivity index (χ3v) is 3.24. The summed E-state index contributed by atoms with van der Waals surface area (Å²) in [5.41, 5.74) is 6.76. The van der Waals surface area contributed by atoms with Crippen LogP contribution in [0.1, 0.15) is 50.4 Å². The molecule has 0 saturated heterocycles. The Bertz CT molecular complexity index is 497. The molecule has 0 atom stereocenters. The van der Waals surface area contributed by atoms with E-state index in [-0.39, 0.29) is 11.9 Å². The fourth-order valence-electron chi connectivity index (χ4n) is 1.94. The standard InChI is InChI=1S/C14H23N5O/c1-8(2)17-11(20)6-7-16-13-9(3)12(15)18-14(19-13)10-4-5-10/h8,10H,4-7H2,1-3H3,(H,17,20)(H3,15,16,18,19). The first kappa shape index (κ1) is 14.6. The number of nitrogens with two attached hydrogens (primary N) is 1. The van der Waals surface area contributed by atoms with Gasteiger partial charge in [-0.25, -0.2) is 9.97 Å². The highest BCUT2D eigenvalue weighted by Crippen LogP contribution is 2.39. The number of nitrogens with one attached hydrogen (secondary N) is 2. The highest BCUT2D eigenvalue weighted by atomic mass is 16.1. The normalized spacial score (nSPS) is 14.4. The van der Waals surface area contributed by atoms with Crippen LogP contribution >= 0.6 is 0 Å². The Kier molecular flexibility index (Phi) is 4.42. The van der Waals surface area contributed by atoms with Crippen molar-refractivity contribution in [3.8, 4) is 0 Å². The summed E-state index contributed by atoms with van der Waals surface area (Å²) < 4.78 is 0. The molecule has 4 N–H and O–H groups in total. The number of hydrogen-bond donors (Lipinski definition) is 3. The number of hydrogen-bond acceptors (Lipinski definition) is 5. The van der Waals surface area contributed by atoms with E-state index in [4.69, 9.17) is 5.73 Å². The van der Waals surface area contributed by atoms with Gasteiger partial charge < -0.3 is 16.4 Å². The molecule has 1 aliphatic rings. The van der Waals surface area contributed by atoms with E-state index in [0.29, 0.717) is 24.7 Å². The van der Waals surface area contributed by atoms with Gasteiger partial charge in [0.1, 0.15) is 17.5 Å². The van der Waals surface area contributed by atoms with Gasteiger partial charge in [0, 0.05) is 30.5 Å². The highest BCUT2D eigenvalue weighted by Gasteiger charge is 2.27. The molecule has 6 nitrogen and oxygen atoms in total. The van der Waals surface area contributed by atoms with Crippen LogP contribution in [0.15, 0.2) is 0 Å². The lowest BCUT2D eigenvalue weighted by atomic mass is 10.2. The van der Waals surface area contributed by atoms with Crippen molar-refractivity contribution in [1.29, 1.82) is 0 Å². The molecular weight excluding hydrogens is 254 g/mol. The van der Waals surface area contributed by atoms with Crippen molar-refractivity contribution in [3.05, 3.63) is 11.4 Å². The van der Waals surface area contributed by atoms with Gasteiger partial charge in [0.25, 0.3) is 0 Å². The Morgan fingerprint density at radius 2 is 2.10 bits per heavy atom. The number of nitrogens with zero attached hydrogens (tertiary/aromatic N) is 2. The van der Waals surface area contributed by atoms with Crippen LogP contribution < -0.4 is 16.4 Å². The van der Waals surface area contributed by atoms with Crippen molar-refractivity contribution >= 4 is 17.5 Å². The fraction of sp³-hybridized carbons (Fsp3) is 0.643. The second-order valence-corrected chi connectivity index (χ2v) is 5.61. The SMILES string of the molecule is Cc1c(N)nc(C2CC2)nc1NCCC(=O)NC(C)C.